The second kappa shape index (κ2) is 5.69. The zero-order chi connectivity index (χ0) is 14.9. The SMILES string of the molecule is C1=C(c2ccccc2)OC2(CC1)COC1(CCCCCO1)O2. The summed E-state index contributed by atoms with van der Waals surface area (Å²) in [5.74, 6) is -0.721. The largest absolute Gasteiger partial charge is 0.459 e. The standard InChI is InChI=1S/C18H22O4/c1-3-8-15(9-4-1)16-10-7-11-17(21-16)14-20-18(22-17)12-5-2-6-13-19-18/h1,3-4,8-10H,2,5-7,11-14H2. The van der Waals surface area contributed by atoms with Crippen molar-refractivity contribution >= 4 is 5.76 Å². The molecule has 4 heteroatoms. The third-order valence-electron chi connectivity index (χ3n) is 4.51. The van der Waals surface area contributed by atoms with Gasteiger partial charge in [0.25, 0.3) is 5.97 Å². The number of allylic oxidation sites excluding steroid dienone is 1. The van der Waals surface area contributed by atoms with Crippen LogP contribution in [0.1, 0.15) is 44.1 Å². The van der Waals surface area contributed by atoms with Gasteiger partial charge < -0.3 is 14.2 Å². The number of benzene rings is 1. The maximum absolute atomic E-state index is 6.24. The van der Waals surface area contributed by atoms with E-state index in [9.17, 15) is 0 Å². The van der Waals surface area contributed by atoms with Gasteiger partial charge in [-0.3, -0.25) is 4.74 Å². The molecule has 0 saturated carbocycles. The molecule has 4 nitrogen and oxygen atoms in total. The first-order chi connectivity index (χ1) is 10.8. The average molecular weight is 302 g/mol. The summed E-state index contributed by atoms with van der Waals surface area (Å²) < 4.78 is 24.3. The normalized spacial score (nSPS) is 35.2. The lowest BCUT2D eigenvalue weighted by Crippen LogP contribution is -2.41. The van der Waals surface area contributed by atoms with Crippen LogP contribution in [0.25, 0.3) is 5.76 Å². The summed E-state index contributed by atoms with van der Waals surface area (Å²) in [7, 11) is 0. The van der Waals surface area contributed by atoms with Gasteiger partial charge in [-0.2, -0.15) is 0 Å². The van der Waals surface area contributed by atoms with E-state index in [1.165, 1.54) is 0 Å². The third-order valence-corrected chi connectivity index (χ3v) is 4.51. The lowest BCUT2D eigenvalue weighted by molar-refractivity contribution is -0.366. The fourth-order valence-electron chi connectivity index (χ4n) is 3.35. The molecule has 0 N–H and O–H groups in total. The van der Waals surface area contributed by atoms with Gasteiger partial charge in [0.05, 0.1) is 6.61 Å². The highest BCUT2D eigenvalue weighted by molar-refractivity contribution is 5.60. The topological polar surface area (TPSA) is 36.9 Å². The molecule has 3 aliphatic heterocycles. The van der Waals surface area contributed by atoms with Crippen molar-refractivity contribution in [2.45, 2.75) is 50.3 Å². The minimum absolute atomic E-state index is 0.428. The van der Waals surface area contributed by atoms with Crippen molar-refractivity contribution in [2.24, 2.45) is 0 Å². The molecule has 0 aromatic heterocycles. The molecule has 3 aliphatic rings. The minimum Gasteiger partial charge on any atom is -0.459 e. The van der Waals surface area contributed by atoms with Crippen molar-refractivity contribution < 1.29 is 18.9 Å². The van der Waals surface area contributed by atoms with Crippen LogP contribution in [0.15, 0.2) is 36.4 Å². The molecule has 2 fully saturated rings. The molecule has 0 aliphatic carbocycles. The van der Waals surface area contributed by atoms with Crippen LogP contribution in [0.5, 0.6) is 0 Å². The van der Waals surface area contributed by atoms with Crippen LogP contribution < -0.4 is 0 Å². The Morgan fingerprint density at radius 3 is 2.73 bits per heavy atom. The fourth-order valence-corrected chi connectivity index (χ4v) is 3.35. The Morgan fingerprint density at radius 1 is 0.909 bits per heavy atom. The van der Waals surface area contributed by atoms with E-state index in [4.69, 9.17) is 18.9 Å². The van der Waals surface area contributed by atoms with E-state index in [2.05, 4.69) is 18.2 Å². The number of rotatable bonds is 1. The van der Waals surface area contributed by atoms with E-state index in [1.807, 2.05) is 18.2 Å². The molecule has 0 amide bonds. The van der Waals surface area contributed by atoms with Crippen LogP contribution in [0.4, 0.5) is 0 Å². The van der Waals surface area contributed by atoms with Crippen LogP contribution >= 0.6 is 0 Å². The molecule has 4 rings (SSSR count). The lowest BCUT2D eigenvalue weighted by Gasteiger charge is -2.34. The molecular formula is C18H22O4. The zero-order valence-electron chi connectivity index (χ0n) is 12.8. The van der Waals surface area contributed by atoms with Crippen LogP contribution in [0.3, 0.4) is 0 Å². The van der Waals surface area contributed by atoms with E-state index in [0.717, 1.165) is 49.8 Å². The summed E-state index contributed by atoms with van der Waals surface area (Å²) in [4.78, 5) is 0. The summed E-state index contributed by atoms with van der Waals surface area (Å²) in [6.45, 7) is 1.12. The molecule has 118 valence electrons. The summed E-state index contributed by atoms with van der Waals surface area (Å²) in [6.07, 6.45) is 7.93. The van der Waals surface area contributed by atoms with Crippen molar-refractivity contribution in [3.05, 3.63) is 42.0 Å². The summed E-state index contributed by atoms with van der Waals surface area (Å²) in [5, 5.41) is 0. The highest BCUT2D eigenvalue weighted by Gasteiger charge is 2.54. The molecule has 22 heavy (non-hydrogen) atoms. The van der Waals surface area contributed by atoms with Gasteiger partial charge in [0, 0.05) is 18.4 Å². The molecule has 1 aromatic rings. The second-order valence-electron chi connectivity index (χ2n) is 6.22. The maximum atomic E-state index is 6.24. The number of ether oxygens (including phenoxy) is 4. The predicted molar refractivity (Wildman–Crippen MR) is 81.7 cm³/mol. The van der Waals surface area contributed by atoms with Crippen LogP contribution in [-0.2, 0) is 18.9 Å². The van der Waals surface area contributed by atoms with E-state index >= 15 is 0 Å². The van der Waals surface area contributed by atoms with Gasteiger partial charge in [0.2, 0.25) is 5.79 Å². The molecule has 1 aromatic carbocycles. The minimum atomic E-state index is -0.893. The Bertz CT molecular complexity index is 545. The smallest absolute Gasteiger partial charge is 0.286 e. The monoisotopic (exact) mass is 302 g/mol. The molecule has 2 saturated heterocycles. The fraction of sp³-hybridized carbons (Fsp3) is 0.556. The van der Waals surface area contributed by atoms with Crippen LogP contribution in [-0.4, -0.2) is 25.0 Å². The van der Waals surface area contributed by atoms with Gasteiger partial charge in [-0.05, 0) is 25.3 Å². The van der Waals surface area contributed by atoms with Gasteiger partial charge in [0.1, 0.15) is 12.4 Å². The zero-order valence-corrected chi connectivity index (χ0v) is 12.8. The number of hydrogen-bond donors (Lipinski definition) is 0. The summed E-state index contributed by atoms with van der Waals surface area (Å²) in [6, 6.07) is 10.1. The maximum Gasteiger partial charge on any atom is 0.286 e. The second-order valence-corrected chi connectivity index (χ2v) is 6.22. The highest BCUT2D eigenvalue weighted by atomic mass is 16.9. The molecular weight excluding hydrogens is 280 g/mol. The third kappa shape index (κ3) is 2.67. The summed E-state index contributed by atoms with van der Waals surface area (Å²) in [5.41, 5.74) is 1.08. The van der Waals surface area contributed by atoms with Crippen molar-refractivity contribution in [3.63, 3.8) is 0 Å². The van der Waals surface area contributed by atoms with Gasteiger partial charge in [-0.1, -0.05) is 36.8 Å². The Morgan fingerprint density at radius 2 is 1.82 bits per heavy atom. The molecule has 2 spiro atoms. The van der Waals surface area contributed by atoms with E-state index in [-0.39, 0.29) is 0 Å². The number of hydrogen-bond acceptors (Lipinski definition) is 4. The molecule has 0 radical (unpaired) electrons. The van der Waals surface area contributed by atoms with Gasteiger partial charge in [0.15, 0.2) is 0 Å². The van der Waals surface area contributed by atoms with E-state index in [1.54, 1.807) is 0 Å². The first-order valence-electron chi connectivity index (χ1n) is 8.22. The predicted octanol–water partition coefficient (Wildman–Crippen LogP) is 3.83. The van der Waals surface area contributed by atoms with Gasteiger partial charge >= 0.3 is 0 Å². The van der Waals surface area contributed by atoms with Crippen molar-refractivity contribution in [1.82, 2.24) is 0 Å². The molecule has 2 atom stereocenters. The lowest BCUT2D eigenvalue weighted by atomic mass is 10.0. The van der Waals surface area contributed by atoms with E-state index in [0.29, 0.717) is 13.2 Å². The Kier molecular flexibility index (Phi) is 3.68. The van der Waals surface area contributed by atoms with Crippen LogP contribution in [0, 0.1) is 0 Å². The van der Waals surface area contributed by atoms with Crippen molar-refractivity contribution in [1.29, 1.82) is 0 Å². The quantitative estimate of drug-likeness (QED) is 0.790. The molecule has 2 unspecified atom stereocenters. The van der Waals surface area contributed by atoms with Crippen molar-refractivity contribution in [2.75, 3.05) is 13.2 Å². The first kappa shape index (κ1) is 14.2. The first-order valence-corrected chi connectivity index (χ1v) is 8.22. The van der Waals surface area contributed by atoms with Crippen molar-refractivity contribution in [3.8, 4) is 0 Å². The Labute approximate surface area is 131 Å². The van der Waals surface area contributed by atoms with E-state index < -0.39 is 11.8 Å². The molecule has 3 heterocycles. The highest BCUT2D eigenvalue weighted by Crippen LogP contribution is 2.44. The van der Waals surface area contributed by atoms with Gasteiger partial charge in [-0.15, -0.1) is 0 Å². The van der Waals surface area contributed by atoms with Gasteiger partial charge in [-0.25, -0.2) is 0 Å². The Balaban J connectivity index is 1.52. The van der Waals surface area contributed by atoms with Crippen LogP contribution in [0.2, 0.25) is 0 Å². The molecule has 0 bridgehead atoms. The summed E-state index contributed by atoms with van der Waals surface area (Å²) >= 11 is 0. The average Bonchev–Trinajstić information content (AvgIpc) is 2.74. The Hall–Kier alpha value is -1.36.